The number of piperidine rings is 1. The molecule has 0 radical (unpaired) electrons. The normalized spacial score (nSPS) is 20.6. The number of hydrogen-bond donors (Lipinski definition) is 1. The van der Waals surface area contributed by atoms with E-state index in [4.69, 9.17) is 0 Å². The van der Waals surface area contributed by atoms with Crippen LogP contribution in [0.25, 0.3) is 0 Å². The highest BCUT2D eigenvalue weighted by atomic mass is 15.1. The van der Waals surface area contributed by atoms with Crippen LogP contribution in [0.15, 0.2) is 0 Å². The number of hydrogen-bond acceptors (Lipinski definition) is 2. The lowest BCUT2D eigenvalue weighted by Gasteiger charge is -2.31. The number of nitrogens with one attached hydrogen (secondary N) is 1. The Hall–Kier alpha value is -0.0800. The molecule has 17 heavy (non-hydrogen) atoms. The van der Waals surface area contributed by atoms with Crippen LogP contribution >= 0.6 is 0 Å². The van der Waals surface area contributed by atoms with Crippen molar-refractivity contribution in [2.75, 3.05) is 26.2 Å². The smallest absolute Gasteiger partial charge is 0.00386 e. The van der Waals surface area contributed by atoms with Gasteiger partial charge in [0, 0.05) is 6.04 Å². The lowest BCUT2D eigenvalue weighted by Crippen LogP contribution is -2.34. The number of unbranched alkanes of at least 4 members (excludes halogenated alkanes) is 1. The molecule has 0 aromatic heterocycles. The standard InChI is InChI=1S/C15H32N2/c1-4-15-9-12-17(13-10-15)11-7-6-8-14(3)16-5-2/h14-16H,4-13H2,1-3H3. The van der Waals surface area contributed by atoms with Gasteiger partial charge in [0.1, 0.15) is 0 Å². The fourth-order valence-electron chi connectivity index (χ4n) is 2.85. The first-order valence-corrected chi connectivity index (χ1v) is 7.72. The van der Waals surface area contributed by atoms with E-state index in [1.807, 2.05) is 0 Å². The van der Waals surface area contributed by atoms with Gasteiger partial charge in [0.2, 0.25) is 0 Å². The zero-order chi connectivity index (χ0) is 12.5. The Balaban J connectivity index is 1.96. The van der Waals surface area contributed by atoms with Crippen molar-refractivity contribution in [3.63, 3.8) is 0 Å². The van der Waals surface area contributed by atoms with E-state index >= 15 is 0 Å². The maximum absolute atomic E-state index is 3.48. The second-order valence-corrected chi connectivity index (χ2v) is 5.65. The topological polar surface area (TPSA) is 15.3 Å². The average molecular weight is 240 g/mol. The van der Waals surface area contributed by atoms with Crippen LogP contribution in [0.2, 0.25) is 0 Å². The summed E-state index contributed by atoms with van der Waals surface area (Å²) in [6.07, 6.45) is 8.34. The first-order chi connectivity index (χ1) is 8.26. The molecule has 0 spiro atoms. The number of likely N-dealkylation sites (tertiary alicyclic amines) is 1. The van der Waals surface area contributed by atoms with E-state index in [0.29, 0.717) is 6.04 Å². The van der Waals surface area contributed by atoms with Crippen molar-refractivity contribution in [3.8, 4) is 0 Å². The molecule has 102 valence electrons. The van der Waals surface area contributed by atoms with Crippen LogP contribution in [-0.4, -0.2) is 37.1 Å². The molecule has 0 bridgehead atoms. The SMILES string of the molecule is CCNC(C)CCCCN1CCC(CC)CC1. The average Bonchev–Trinajstić information content (AvgIpc) is 2.36. The predicted octanol–water partition coefficient (Wildman–Crippen LogP) is 3.28. The summed E-state index contributed by atoms with van der Waals surface area (Å²) in [5.41, 5.74) is 0. The summed E-state index contributed by atoms with van der Waals surface area (Å²) in [4.78, 5) is 2.67. The third kappa shape index (κ3) is 6.42. The minimum atomic E-state index is 0.700. The third-order valence-corrected chi connectivity index (χ3v) is 4.20. The van der Waals surface area contributed by atoms with Crippen LogP contribution in [0.1, 0.15) is 59.3 Å². The Morgan fingerprint density at radius 2 is 1.88 bits per heavy atom. The van der Waals surface area contributed by atoms with Gasteiger partial charge < -0.3 is 10.2 Å². The fraction of sp³-hybridized carbons (Fsp3) is 1.00. The van der Waals surface area contributed by atoms with Gasteiger partial charge in [-0.05, 0) is 64.7 Å². The second kappa shape index (κ2) is 8.93. The van der Waals surface area contributed by atoms with Crippen LogP contribution in [0, 0.1) is 5.92 Å². The highest BCUT2D eigenvalue weighted by Gasteiger charge is 2.16. The zero-order valence-electron chi connectivity index (χ0n) is 12.2. The van der Waals surface area contributed by atoms with Gasteiger partial charge in [-0.15, -0.1) is 0 Å². The first kappa shape index (κ1) is 15.0. The Morgan fingerprint density at radius 3 is 2.47 bits per heavy atom. The van der Waals surface area contributed by atoms with Gasteiger partial charge >= 0.3 is 0 Å². The van der Waals surface area contributed by atoms with Gasteiger partial charge in [-0.3, -0.25) is 0 Å². The summed E-state index contributed by atoms with van der Waals surface area (Å²) in [7, 11) is 0. The molecule has 1 rings (SSSR count). The van der Waals surface area contributed by atoms with Crippen LogP contribution in [0.3, 0.4) is 0 Å². The summed E-state index contributed by atoms with van der Waals surface area (Å²) in [5, 5.41) is 3.48. The molecular formula is C15H32N2. The molecule has 0 aromatic rings. The molecule has 0 amide bonds. The van der Waals surface area contributed by atoms with Gasteiger partial charge in [0.05, 0.1) is 0 Å². The minimum absolute atomic E-state index is 0.700. The summed E-state index contributed by atoms with van der Waals surface area (Å²) in [6, 6.07) is 0.700. The molecular weight excluding hydrogens is 208 g/mol. The van der Waals surface area contributed by atoms with Gasteiger partial charge in [-0.25, -0.2) is 0 Å². The summed E-state index contributed by atoms with van der Waals surface area (Å²) in [5.74, 6) is 1.01. The van der Waals surface area contributed by atoms with E-state index < -0.39 is 0 Å². The Labute approximate surface area is 108 Å². The minimum Gasteiger partial charge on any atom is -0.315 e. The van der Waals surface area contributed by atoms with Gasteiger partial charge in [0.25, 0.3) is 0 Å². The third-order valence-electron chi connectivity index (χ3n) is 4.20. The lowest BCUT2D eigenvalue weighted by molar-refractivity contribution is 0.178. The van der Waals surface area contributed by atoms with E-state index in [2.05, 4.69) is 31.0 Å². The highest BCUT2D eigenvalue weighted by molar-refractivity contribution is 4.71. The molecule has 0 saturated carbocycles. The monoisotopic (exact) mass is 240 g/mol. The number of rotatable bonds is 8. The molecule has 1 aliphatic heterocycles. The van der Waals surface area contributed by atoms with Crippen LogP contribution in [0.4, 0.5) is 0 Å². The van der Waals surface area contributed by atoms with Crippen molar-refractivity contribution in [1.82, 2.24) is 10.2 Å². The van der Waals surface area contributed by atoms with Crippen molar-refractivity contribution in [2.24, 2.45) is 5.92 Å². The molecule has 1 N–H and O–H groups in total. The van der Waals surface area contributed by atoms with Crippen molar-refractivity contribution in [1.29, 1.82) is 0 Å². The van der Waals surface area contributed by atoms with E-state index in [0.717, 1.165) is 12.5 Å². The lowest BCUT2D eigenvalue weighted by atomic mass is 9.94. The molecule has 1 heterocycles. The van der Waals surface area contributed by atoms with Crippen molar-refractivity contribution >= 4 is 0 Å². The summed E-state index contributed by atoms with van der Waals surface area (Å²) in [6.45, 7) is 12.0. The maximum Gasteiger partial charge on any atom is 0.00386 e. The Kier molecular flexibility index (Phi) is 7.87. The maximum atomic E-state index is 3.48. The van der Waals surface area contributed by atoms with E-state index in [1.54, 1.807) is 0 Å². The van der Waals surface area contributed by atoms with Crippen LogP contribution in [0.5, 0.6) is 0 Å². The van der Waals surface area contributed by atoms with Gasteiger partial charge in [0.15, 0.2) is 0 Å². The molecule has 0 aliphatic carbocycles. The molecule has 2 heteroatoms. The zero-order valence-corrected chi connectivity index (χ0v) is 12.2. The summed E-state index contributed by atoms with van der Waals surface area (Å²) >= 11 is 0. The van der Waals surface area contributed by atoms with Gasteiger partial charge in [-0.2, -0.15) is 0 Å². The van der Waals surface area contributed by atoms with Crippen molar-refractivity contribution < 1.29 is 0 Å². The second-order valence-electron chi connectivity index (χ2n) is 5.65. The quantitative estimate of drug-likeness (QED) is 0.655. The van der Waals surface area contributed by atoms with E-state index in [1.165, 1.54) is 58.2 Å². The molecule has 1 aliphatic rings. The van der Waals surface area contributed by atoms with Crippen molar-refractivity contribution in [2.45, 2.75) is 65.3 Å². The summed E-state index contributed by atoms with van der Waals surface area (Å²) < 4.78 is 0. The predicted molar refractivity (Wildman–Crippen MR) is 76.4 cm³/mol. The Bertz CT molecular complexity index is 174. The molecule has 1 saturated heterocycles. The largest absolute Gasteiger partial charge is 0.315 e. The molecule has 1 unspecified atom stereocenters. The van der Waals surface area contributed by atoms with E-state index in [9.17, 15) is 0 Å². The highest BCUT2D eigenvalue weighted by Crippen LogP contribution is 2.20. The van der Waals surface area contributed by atoms with Crippen molar-refractivity contribution in [3.05, 3.63) is 0 Å². The molecule has 1 fully saturated rings. The first-order valence-electron chi connectivity index (χ1n) is 7.72. The van der Waals surface area contributed by atoms with E-state index in [-0.39, 0.29) is 0 Å². The molecule has 1 atom stereocenters. The Morgan fingerprint density at radius 1 is 1.18 bits per heavy atom. The van der Waals surface area contributed by atoms with Crippen LogP contribution in [-0.2, 0) is 0 Å². The van der Waals surface area contributed by atoms with Crippen LogP contribution < -0.4 is 5.32 Å². The van der Waals surface area contributed by atoms with Gasteiger partial charge in [-0.1, -0.05) is 26.7 Å². The fourth-order valence-corrected chi connectivity index (χ4v) is 2.85. The molecule has 2 nitrogen and oxygen atoms in total. The molecule has 0 aromatic carbocycles. The number of nitrogens with zero attached hydrogens (tertiary/aromatic N) is 1.